The third-order valence-corrected chi connectivity index (χ3v) is 5.80. The van der Waals surface area contributed by atoms with Gasteiger partial charge in [-0.1, -0.05) is 6.07 Å². The van der Waals surface area contributed by atoms with Crippen LogP contribution in [-0.4, -0.2) is 34.4 Å². The van der Waals surface area contributed by atoms with Crippen LogP contribution in [0, 0.1) is 23.0 Å². The molecule has 32 heavy (non-hydrogen) atoms. The maximum atomic E-state index is 13.8. The minimum atomic E-state index is -0.583. The van der Waals surface area contributed by atoms with Crippen LogP contribution in [0.2, 0.25) is 0 Å². The molecule has 7 nitrogen and oxygen atoms in total. The lowest BCUT2D eigenvalue weighted by Gasteiger charge is -2.33. The lowest BCUT2D eigenvalue weighted by atomic mass is 9.95. The Labute approximate surface area is 179 Å². The monoisotopic (exact) mass is 434 g/mol. The van der Waals surface area contributed by atoms with Crippen LogP contribution in [0.25, 0.3) is 21.7 Å². The molecule has 0 saturated heterocycles. The number of nitrogens with one attached hydrogen (secondary N) is 2. The maximum absolute atomic E-state index is 13.8. The van der Waals surface area contributed by atoms with E-state index in [1.165, 1.54) is 35.2 Å². The average Bonchev–Trinajstić information content (AvgIpc) is 3.21. The van der Waals surface area contributed by atoms with E-state index < -0.39 is 29.1 Å². The molecule has 0 radical (unpaired) electrons. The van der Waals surface area contributed by atoms with Gasteiger partial charge < -0.3 is 19.6 Å². The second-order valence-electron chi connectivity index (χ2n) is 7.69. The summed E-state index contributed by atoms with van der Waals surface area (Å²) in [6.45, 7) is 0.333. The summed E-state index contributed by atoms with van der Waals surface area (Å²) in [7, 11) is 1.59. The number of likely N-dealkylation sites (N-methyl/N-ethyl adjacent to an activating group) is 1. The lowest BCUT2D eigenvalue weighted by Crippen LogP contribution is -2.37. The molecular weight excluding hydrogens is 418 g/mol. The quantitative estimate of drug-likeness (QED) is 0.504. The number of pyridine rings is 1. The Morgan fingerprint density at radius 1 is 1.12 bits per heavy atom. The van der Waals surface area contributed by atoms with E-state index in [9.17, 15) is 23.6 Å². The van der Waals surface area contributed by atoms with E-state index in [-0.39, 0.29) is 29.9 Å². The standard InChI is InChI=1S/C23H16F2N4O3/c1-29(23(31)18-7-15-11(8-26)4-13(25)6-17(15)27-18)20-10-32-9-19-21(20)14-3-2-12(24)5-16(14)22(30)28-19/h2-7,20,27H,9-10H2,1H3,(H,28,30)/t20-/m1/s1. The SMILES string of the molecule is CN(C(=O)c1cc2c(C#N)cc(F)cc2[nH]1)[C@@H]1COCc2[nH]c(=O)c3cc(F)ccc3c21. The number of carbonyl (C=O) groups is 1. The van der Waals surface area contributed by atoms with Crippen LogP contribution in [0.15, 0.2) is 41.2 Å². The molecule has 0 bridgehead atoms. The molecular formula is C23H16F2N4O3. The highest BCUT2D eigenvalue weighted by atomic mass is 19.1. The molecule has 0 spiro atoms. The third kappa shape index (κ3) is 3.04. The smallest absolute Gasteiger partial charge is 0.270 e. The van der Waals surface area contributed by atoms with Crippen molar-refractivity contribution in [2.45, 2.75) is 12.6 Å². The van der Waals surface area contributed by atoms with Crippen molar-refractivity contribution in [3.05, 3.63) is 80.9 Å². The fourth-order valence-corrected chi connectivity index (χ4v) is 4.27. The summed E-state index contributed by atoms with van der Waals surface area (Å²) in [4.78, 5) is 32.8. The van der Waals surface area contributed by atoms with Crippen molar-refractivity contribution >= 4 is 27.6 Å². The van der Waals surface area contributed by atoms with Gasteiger partial charge in [-0.05, 0) is 35.7 Å². The topological polar surface area (TPSA) is 102 Å². The number of amides is 1. The molecule has 1 aliphatic heterocycles. The molecule has 1 atom stereocenters. The van der Waals surface area contributed by atoms with Gasteiger partial charge in [-0.15, -0.1) is 0 Å². The fraction of sp³-hybridized carbons (Fsp3) is 0.174. The molecule has 0 aliphatic carbocycles. The van der Waals surface area contributed by atoms with E-state index in [1.54, 1.807) is 7.05 Å². The van der Waals surface area contributed by atoms with E-state index in [0.29, 0.717) is 27.5 Å². The first-order valence-corrected chi connectivity index (χ1v) is 9.79. The van der Waals surface area contributed by atoms with Crippen molar-refractivity contribution in [1.82, 2.24) is 14.9 Å². The van der Waals surface area contributed by atoms with Crippen molar-refractivity contribution in [3.63, 3.8) is 0 Å². The van der Waals surface area contributed by atoms with Crippen molar-refractivity contribution in [1.29, 1.82) is 5.26 Å². The van der Waals surface area contributed by atoms with Gasteiger partial charge in [-0.3, -0.25) is 9.59 Å². The number of hydrogen-bond donors (Lipinski definition) is 2. The summed E-state index contributed by atoms with van der Waals surface area (Å²) in [5.74, 6) is -1.52. The van der Waals surface area contributed by atoms with Gasteiger partial charge in [-0.2, -0.15) is 5.26 Å². The summed E-state index contributed by atoms with van der Waals surface area (Å²) in [6, 6.07) is 9.18. The molecule has 1 aliphatic rings. The van der Waals surface area contributed by atoms with Gasteiger partial charge in [0.15, 0.2) is 0 Å². The molecule has 1 amide bonds. The van der Waals surface area contributed by atoms with Crippen molar-refractivity contribution in [3.8, 4) is 6.07 Å². The number of rotatable bonds is 2. The van der Waals surface area contributed by atoms with Gasteiger partial charge in [0, 0.05) is 23.7 Å². The highest BCUT2D eigenvalue weighted by molar-refractivity contribution is 6.00. The second kappa shape index (κ2) is 7.28. The van der Waals surface area contributed by atoms with Crippen LogP contribution in [0.4, 0.5) is 8.78 Å². The van der Waals surface area contributed by atoms with E-state index in [4.69, 9.17) is 4.74 Å². The van der Waals surface area contributed by atoms with E-state index in [2.05, 4.69) is 9.97 Å². The fourth-order valence-electron chi connectivity index (χ4n) is 4.27. The molecule has 2 N–H and O–H groups in total. The first-order valence-electron chi connectivity index (χ1n) is 9.79. The summed E-state index contributed by atoms with van der Waals surface area (Å²) >= 11 is 0. The van der Waals surface area contributed by atoms with Crippen LogP contribution in [-0.2, 0) is 11.3 Å². The largest absolute Gasteiger partial charge is 0.373 e. The summed E-state index contributed by atoms with van der Waals surface area (Å²) in [5.41, 5.74) is 1.41. The molecule has 4 aromatic rings. The highest BCUT2D eigenvalue weighted by Crippen LogP contribution is 2.34. The summed E-state index contributed by atoms with van der Waals surface area (Å²) in [6.07, 6.45) is 0. The maximum Gasteiger partial charge on any atom is 0.270 e. The van der Waals surface area contributed by atoms with Gasteiger partial charge in [0.1, 0.15) is 17.3 Å². The molecule has 160 valence electrons. The first kappa shape index (κ1) is 19.9. The predicted octanol–water partition coefficient (Wildman–Crippen LogP) is 3.50. The number of nitrogens with zero attached hydrogens (tertiary/aromatic N) is 2. The van der Waals surface area contributed by atoms with Gasteiger partial charge in [-0.25, -0.2) is 8.78 Å². The van der Waals surface area contributed by atoms with E-state index in [0.717, 1.165) is 6.07 Å². The zero-order valence-corrected chi connectivity index (χ0v) is 16.8. The zero-order valence-electron chi connectivity index (χ0n) is 16.8. The number of ether oxygens (including phenoxy) is 1. The Hall–Kier alpha value is -4.03. The number of aromatic nitrogens is 2. The minimum Gasteiger partial charge on any atom is -0.373 e. The summed E-state index contributed by atoms with van der Waals surface area (Å²) < 4.78 is 33.1. The van der Waals surface area contributed by atoms with Gasteiger partial charge in [0.2, 0.25) is 0 Å². The number of hydrogen-bond acceptors (Lipinski definition) is 4. The van der Waals surface area contributed by atoms with Crippen LogP contribution in [0.1, 0.15) is 33.4 Å². The Morgan fingerprint density at radius 2 is 1.94 bits per heavy atom. The third-order valence-electron chi connectivity index (χ3n) is 5.80. The van der Waals surface area contributed by atoms with Crippen molar-refractivity contribution < 1.29 is 18.3 Å². The number of H-pyrrole nitrogens is 2. The van der Waals surface area contributed by atoms with Gasteiger partial charge >= 0.3 is 0 Å². The van der Waals surface area contributed by atoms with Gasteiger partial charge in [0.25, 0.3) is 11.5 Å². The predicted molar refractivity (Wildman–Crippen MR) is 112 cm³/mol. The van der Waals surface area contributed by atoms with E-state index in [1.807, 2.05) is 6.07 Å². The molecule has 0 fully saturated rings. The molecule has 2 aromatic carbocycles. The number of carbonyl (C=O) groups excluding carboxylic acids is 1. The number of aromatic amines is 2. The van der Waals surface area contributed by atoms with Crippen LogP contribution < -0.4 is 5.56 Å². The molecule has 0 saturated carbocycles. The second-order valence-corrected chi connectivity index (χ2v) is 7.69. The molecule has 2 aromatic heterocycles. The van der Waals surface area contributed by atoms with Crippen LogP contribution in [0.3, 0.4) is 0 Å². The normalized spacial score (nSPS) is 15.5. The lowest BCUT2D eigenvalue weighted by molar-refractivity contribution is 0.0333. The number of fused-ring (bicyclic) bond motifs is 4. The van der Waals surface area contributed by atoms with Crippen molar-refractivity contribution in [2.75, 3.05) is 13.7 Å². The van der Waals surface area contributed by atoms with Crippen LogP contribution >= 0.6 is 0 Å². The molecule has 3 heterocycles. The van der Waals surface area contributed by atoms with E-state index >= 15 is 0 Å². The minimum absolute atomic E-state index is 0.120. The Kier molecular flexibility index (Phi) is 4.53. The number of benzene rings is 2. The van der Waals surface area contributed by atoms with Crippen molar-refractivity contribution in [2.24, 2.45) is 0 Å². The highest BCUT2D eigenvalue weighted by Gasteiger charge is 2.31. The van der Waals surface area contributed by atoms with Gasteiger partial charge in [0.05, 0.1) is 41.8 Å². The number of nitriles is 1. The molecule has 0 unspecified atom stereocenters. The Balaban J connectivity index is 1.60. The Bertz CT molecular complexity index is 1520. The summed E-state index contributed by atoms with van der Waals surface area (Å²) in [5, 5.41) is 10.5. The zero-order chi connectivity index (χ0) is 22.6. The first-order chi connectivity index (χ1) is 15.4. The Morgan fingerprint density at radius 3 is 2.72 bits per heavy atom. The molecule has 9 heteroatoms. The van der Waals surface area contributed by atoms with Crippen LogP contribution in [0.5, 0.6) is 0 Å². The number of halogens is 2. The average molecular weight is 434 g/mol. The molecule has 5 rings (SSSR count).